The average molecular weight is 172 g/mol. The molecule has 12 heavy (non-hydrogen) atoms. The molecule has 0 spiro atoms. The van der Waals surface area contributed by atoms with E-state index in [0.29, 0.717) is 0 Å². The molecule has 0 heterocycles. The van der Waals surface area contributed by atoms with Crippen molar-refractivity contribution in [3.63, 3.8) is 0 Å². The number of hydrogen-bond donors (Lipinski definition) is 2. The highest BCUT2D eigenvalue weighted by molar-refractivity contribution is 4.74. The highest BCUT2D eigenvalue weighted by atomic mass is 14.9. The molecule has 0 saturated heterocycles. The van der Waals surface area contributed by atoms with Gasteiger partial charge >= 0.3 is 0 Å². The van der Waals surface area contributed by atoms with Crippen LogP contribution in [0.2, 0.25) is 0 Å². The molecule has 0 aliphatic heterocycles. The summed E-state index contributed by atoms with van der Waals surface area (Å²) in [7, 11) is 0. The molecule has 0 fully saturated rings. The third-order valence-electron chi connectivity index (χ3n) is 1.65. The van der Waals surface area contributed by atoms with Crippen molar-refractivity contribution in [2.75, 3.05) is 6.54 Å². The Hall–Kier alpha value is -0.0800. The molecule has 0 aromatic carbocycles. The maximum Gasteiger partial charge on any atom is 0.00975 e. The lowest BCUT2D eigenvalue weighted by Gasteiger charge is -2.23. The van der Waals surface area contributed by atoms with Crippen molar-refractivity contribution in [3.8, 4) is 0 Å². The SMILES string of the molecule is CC(C)(N)CCCNC(C)(C)C. The average Bonchev–Trinajstić information content (AvgIpc) is 1.76. The Bertz CT molecular complexity index is 101. The van der Waals surface area contributed by atoms with Crippen molar-refractivity contribution >= 4 is 0 Å². The summed E-state index contributed by atoms with van der Waals surface area (Å²) in [5.74, 6) is 0. The zero-order valence-electron chi connectivity index (χ0n) is 9.20. The molecule has 0 atom stereocenters. The minimum atomic E-state index is -0.0143. The maximum atomic E-state index is 5.86. The van der Waals surface area contributed by atoms with E-state index in [9.17, 15) is 0 Å². The number of nitrogens with two attached hydrogens (primary N) is 1. The summed E-state index contributed by atoms with van der Waals surface area (Å²) in [4.78, 5) is 0. The van der Waals surface area contributed by atoms with Gasteiger partial charge in [0.2, 0.25) is 0 Å². The van der Waals surface area contributed by atoms with Gasteiger partial charge < -0.3 is 11.1 Å². The van der Waals surface area contributed by atoms with Gasteiger partial charge in [-0.25, -0.2) is 0 Å². The van der Waals surface area contributed by atoms with Crippen LogP contribution in [0.5, 0.6) is 0 Å². The second-order valence-corrected chi connectivity index (χ2v) is 5.27. The highest BCUT2D eigenvalue weighted by Crippen LogP contribution is 2.07. The molecule has 0 aromatic rings. The molecular formula is C10H24N2. The van der Waals surface area contributed by atoms with E-state index >= 15 is 0 Å². The second kappa shape index (κ2) is 4.24. The zero-order valence-corrected chi connectivity index (χ0v) is 9.20. The molecule has 3 N–H and O–H groups in total. The Morgan fingerprint density at radius 1 is 1.08 bits per heavy atom. The Balaban J connectivity index is 3.35. The standard InChI is InChI=1S/C10H24N2/c1-9(2,3)12-8-6-7-10(4,5)11/h12H,6-8,11H2,1-5H3. The van der Waals surface area contributed by atoms with Gasteiger partial charge in [0, 0.05) is 11.1 Å². The second-order valence-electron chi connectivity index (χ2n) is 5.27. The van der Waals surface area contributed by atoms with Gasteiger partial charge in [0.05, 0.1) is 0 Å². The van der Waals surface area contributed by atoms with E-state index in [1.807, 2.05) is 0 Å². The summed E-state index contributed by atoms with van der Waals surface area (Å²) >= 11 is 0. The molecule has 0 aliphatic rings. The van der Waals surface area contributed by atoms with Crippen LogP contribution < -0.4 is 11.1 Å². The van der Waals surface area contributed by atoms with Gasteiger partial charge in [-0.3, -0.25) is 0 Å². The quantitative estimate of drug-likeness (QED) is 0.636. The predicted molar refractivity (Wildman–Crippen MR) is 55.3 cm³/mol. The molecule has 0 radical (unpaired) electrons. The lowest BCUT2D eigenvalue weighted by atomic mass is 9.99. The van der Waals surface area contributed by atoms with Gasteiger partial charge in [0.25, 0.3) is 0 Å². The molecule has 74 valence electrons. The van der Waals surface area contributed by atoms with E-state index in [-0.39, 0.29) is 11.1 Å². The van der Waals surface area contributed by atoms with Gasteiger partial charge in [-0.1, -0.05) is 0 Å². The van der Waals surface area contributed by atoms with Crippen LogP contribution in [0.1, 0.15) is 47.5 Å². The van der Waals surface area contributed by atoms with E-state index in [4.69, 9.17) is 5.73 Å². The van der Waals surface area contributed by atoms with Crippen molar-refractivity contribution in [1.29, 1.82) is 0 Å². The summed E-state index contributed by atoms with van der Waals surface area (Å²) in [6.45, 7) is 11.8. The smallest absolute Gasteiger partial charge is 0.00975 e. The van der Waals surface area contributed by atoms with Crippen molar-refractivity contribution in [2.45, 2.75) is 58.5 Å². The van der Waals surface area contributed by atoms with Gasteiger partial charge in [-0.2, -0.15) is 0 Å². The van der Waals surface area contributed by atoms with Crippen LogP contribution in [0.25, 0.3) is 0 Å². The molecule has 2 nitrogen and oxygen atoms in total. The molecule has 0 amide bonds. The van der Waals surface area contributed by atoms with Crippen molar-refractivity contribution in [1.82, 2.24) is 5.32 Å². The number of hydrogen-bond acceptors (Lipinski definition) is 2. The Kier molecular flexibility index (Phi) is 4.21. The van der Waals surface area contributed by atoms with E-state index in [2.05, 4.69) is 39.9 Å². The van der Waals surface area contributed by atoms with Crippen LogP contribution in [0.4, 0.5) is 0 Å². The third kappa shape index (κ3) is 9.92. The van der Waals surface area contributed by atoms with Crippen LogP contribution in [-0.2, 0) is 0 Å². The number of rotatable bonds is 4. The molecule has 0 bridgehead atoms. The van der Waals surface area contributed by atoms with Crippen molar-refractivity contribution < 1.29 is 0 Å². The van der Waals surface area contributed by atoms with Crippen LogP contribution >= 0.6 is 0 Å². The fourth-order valence-electron chi connectivity index (χ4n) is 1.01. The topological polar surface area (TPSA) is 38.0 Å². The molecule has 0 unspecified atom stereocenters. The molecule has 0 saturated carbocycles. The molecule has 0 aromatic heterocycles. The van der Waals surface area contributed by atoms with Gasteiger partial charge in [-0.15, -0.1) is 0 Å². The van der Waals surface area contributed by atoms with Crippen molar-refractivity contribution in [2.24, 2.45) is 5.73 Å². The summed E-state index contributed by atoms with van der Waals surface area (Å²) in [6, 6.07) is 0. The van der Waals surface area contributed by atoms with Gasteiger partial charge in [0.1, 0.15) is 0 Å². The Morgan fingerprint density at radius 2 is 1.58 bits per heavy atom. The number of nitrogens with one attached hydrogen (secondary N) is 1. The molecule has 0 aliphatic carbocycles. The van der Waals surface area contributed by atoms with E-state index < -0.39 is 0 Å². The first-order valence-corrected chi connectivity index (χ1v) is 4.75. The summed E-state index contributed by atoms with van der Waals surface area (Å²) < 4.78 is 0. The minimum absolute atomic E-state index is 0.0143. The zero-order chi connectivity index (χ0) is 9.83. The molecular weight excluding hydrogens is 148 g/mol. The fraction of sp³-hybridized carbons (Fsp3) is 1.00. The minimum Gasteiger partial charge on any atom is -0.326 e. The summed E-state index contributed by atoms with van der Waals surface area (Å²) in [6.07, 6.45) is 2.23. The monoisotopic (exact) mass is 172 g/mol. The van der Waals surface area contributed by atoms with Gasteiger partial charge in [-0.05, 0) is 54.0 Å². The lowest BCUT2D eigenvalue weighted by molar-refractivity contribution is 0.390. The maximum absolute atomic E-state index is 5.86. The fourth-order valence-corrected chi connectivity index (χ4v) is 1.01. The van der Waals surface area contributed by atoms with Crippen LogP contribution in [-0.4, -0.2) is 17.6 Å². The van der Waals surface area contributed by atoms with Gasteiger partial charge in [0.15, 0.2) is 0 Å². The van der Waals surface area contributed by atoms with E-state index in [0.717, 1.165) is 19.4 Å². The largest absolute Gasteiger partial charge is 0.326 e. The van der Waals surface area contributed by atoms with E-state index in [1.165, 1.54) is 0 Å². The van der Waals surface area contributed by atoms with E-state index in [1.54, 1.807) is 0 Å². The molecule has 0 rings (SSSR count). The first-order chi connectivity index (χ1) is 5.21. The Morgan fingerprint density at radius 3 is 1.92 bits per heavy atom. The normalized spacial score (nSPS) is 13.5. The summed E-state index contributed by atoms with van der Waals surface area (Å²) in [5, 5.41) is 3.44. The van der Waals surface area contributed by atoms with Crippen LogP contribution in [0.3, 0.4) is 0 Å². The highest BCUT2D eigenvalue weighted by Gasteiger charge is 2.11. The lowest BCUT2D eigenvalue weighted by Crippen LogP contribution is -2.38. The predicted octanol–water partition coefficient (Wildman–Crippen LogP) is 1.89. The van der Waals surface area contributed by atoms with Crippen LogP contribution in [0.15, 0.2) is 0 Å². The molecule has 2 heteroatoms. The summed E-state index contributed by atoms with van der Waals surface area (Å²) in [5.41, 5.74) is 6.08. The Labute approximate surface area is 76.9 Å². The van der Waals surface area contributed by atoms with Crippen LogP contribution in [0, 0.1) is 0 Å². The third-order valence-corrected chi connectivity index (χ3v) is 1.65. The first kappa shape index (κ1) is 11.9. The first-order valence-electron chi connectivity index (χ1n) is 4.75. The van der Waals surface area contributed by atoms with Crippen molar-refractivity contribution in [3.05, 3.63) is 0 Å².